The lowest BCUT2D eigenvalue weighted by Gasteiger charge is -2.09. The second kappa shape index (κ2) is 4.59. The first kappa shape index (κ1) is 13.4. The second-order valence-electron chi connectivity index (χ2n) is 4.46. The number of phenols is 2. The quantitative estimate of drug-likeness (QED) is 0.885. The number of phenolic OH excluding ortho intramolecular Hbond substituents is 2. The molecule has 2 aromatic carbocycles. The van der Waals surface area contributed by atoms with Crippen molar-refractivity contribution in [1.29, 1.82) is 0 Å². The van der Waals surface area contributed by atoms with Crippen molar-refractivity contribution in [2.45, 2.75) is 23.6 Å². The van der Waals surface area contributed by atoms with Crippen LogP contribution in [-0.4, -0.2) is 18.6 Å². The normalized spacial score (nSPS) is 11.5. The Bertz CT molecular complexity index is 713. The fraction of sp³-hybridized carbons (Fsp3) is 0.143. The number of benzene rings is 2. The number of hydrogen-bond acceptors (Lipinski definition) is 4. The average Bonchev–Trinajstić information content (AvgIpc) is 2.26. The monoisotopic (exact) mass is 278 g/mol. The molecule has 0 aliphatic heterocycles. The van der Waals surface area contributed by atoms with Crippen LogP contribution in [0.25, 0.3) is 0 Å². The van der Waals surface area contributed by atoms with Crippen molar-refractivity contribution in [3.63, 3.8) is 0 Å². The van der Waals surface area contributed by atoms with Gasteiger partial charge in [0.2, 0.25) is 9.84 Å². The summed E-state index contributed by atoms with van der Waals surface area (Å²) in [6.45, 7) is 3.32. The van der Waals surface area contributed by atoms with Crippen LogP contribution < -0.4 is 0 Å². The van der Waals surface area contributed by atoms with Gasteiger partial charge in [-0.2, -0.15) is 0 Å². The summed E-state index contributed by atoms with van der Waals surface area (Å²) in [5.74, 6) is -0.0708. The zero-order chi connectivity index (χ0) is 14.2. The van der Waals surface area contributed by atoms with Gasteiger partial charge in [-0.1, -0.05) is 0 Å². The smallest absolute Gasteiger partial charge is 0.207 e. The SMILES string of the molecule is Cc1cc(O)cc(S(=O)(=O)c2ccc(O)cc2C)c1. The molecule has 0 unspecified atom stereocenters. The first-order chi connectivity index (χ1) is 8.80. The van der Waals surface area contributed by atoms with Crippen molar-refractivity contribution in [2.75, 3.05) is 0 Å². The molecule has 100 valence electrons. The molecule has 2 aromatic rings. The van der Waals surface area contributed by atoms with E-state index in [1.807, 2.05) is 0 Å². The highest BCUT2D eigenvalue weighted by Gasteiger charge is 2.21. The van der Waals surface area contributed by atoms with E-state index in [1.54, 1.807) is 13.8 Å². The molecule has 0 aliphatic rings. The molecule has 4 nitrogen and oxygen atoms in total. The van der Waals surface area contributed by atoms with Crippen molar-refractivity contribution in [3.05, 3.63) is 47.5 Å². The van der Waals surface area contributed by atoms with Gasteiger partial charge in [0.1, 0.15) is 11.5 Å². The van der Waals surface area contributed by atoms with E-state index < -0.39 is 9.84 Å². The van der Waals surface area contributed by atoms with Gasteiger partial charge in [-0.05, 0) is 61.4 Å². The molecule has 5 heteroatoms. The summed E-state index contributed by atoms with van der Waals surface area (Å²) >= 11 is 0. The summed E-state index contributed by atoms with van der Waals surface area (Å²) in [5, 5.41) is 18.8. The molecule has 0 fully saturated rings. The lowest BCUT2D eigenvalue weighted by atomic mass is 10.2. The van der Waals surface area contributed by atoms with E-state index in [2.05, 4.69) is 0 Å². The van der Waals surface area contributed by atoms with E-state index in [1.165, 1.54) is 36.4 Å². The van der Waals surface area contributed by atoms with E-state index in [0.717, 1.165) is 0 Å². The van der Waals surface area contributed by atoms with Crippen LogP contribution in [0.5, 0.6) is 11.5 Å². The van der Waals surface area contributed by atoms with Crippen LogP contribution in [0.15, 0.2) is 46.2 Å². The lowest BCUT2D eigenvalue weighted by Crippen LogP contribution is -2.04. The minimum Gasteiger partial charge on any atom is -0.508 e. The van der Waals surface area contributed by atoms with Crippen LogP contribution in [0.2, 0.25) is 0 Å². The van der Waals surface area contributed by atoms with Crippen LogP contribution in [-0.2, 0) is 9.84 Å². The first-order valence-corrected chi connectivity index (χ1v) is 7.14. The third kappa shape index (κ3) is 2.56. The highest BCUT2D eigenvalue weighted by molar-refractivity contribution is 7.91. The second-order valence-corrected chi connectivity index (χ2v) is 6.38. The number of aryl methyl sites for hydroxylation is 2. The van der Waals surface area contributed by atoms with Gasteiger partial charge in [0, 0.05) is 0 Å². The Balaban J connectivity index is 2.65. The third-order valence-corrected chi connectivity index (χ3v) is 4.69. The van der Waals surface area contributed by atoms with Crippen molar-refractivity contribution < 1.29 is 18.6 Å². The van der Waals surface area contributed by atoms with Crippen LogP contribution in [0.1, 0.15) is 11.1 Å². The Morgan fingerprint density at radius 3 is 2.16 bits per heavy atom. The fourth-order valence-electron chi connectivity index (χ4n) is 1.95. The van der Waals surface area contributed by atoms with Gasteiger partial charge in [-0.3, -0.25) is 0 Å². The average molecular weight is 278 g/mol. The van der Waals surface area contributed by atoms with Gasteiger partial charge < -0.3 is 10.2 Å². The van der Waals surface area contributed by atoms with E-state index in [9.17, 15) is 18.6 Å². The largest absolute Gasteiger partial charge is 0.508 e. The number of hydrogen-bond donors (Lipinski definition) is 2. The van der Waals surface area contributed by atoms with Crippen molar-refractivity contribution >= 4 is 9.84 Å². The molecular weight excluding hydrogens is 264 g/mol. The zero-order valence-corrected chi connectivity index (χ0v) is 11.4. The van der Waals surface area contributed by atoms with Gasteiger partial charge in [0.25, 0.3) is 0 Å². The Labute approximate surface area is 111 Å². The van der Waals surface area contributed by atoms with E-state index >= 15 is 0 Å². The minimum atomic E-state index is -3.70. The van der Waals surface area contributed by atoms with Gasteiger partial charge in [0.15, 0.2) is 0 Å². The molecule has 0 amide bonds. The number of rotatable bonds is 2. The van der Waals surface area contributed by atoms with Gasteiger partial charge >= 0.3 is 0 Å². The van der Waals surface area contributed by atoms with Gasteiger partial charge in [0.05, 0.1) is 9.79 Å². The van der Waals surface area contributed by atoms with Crippen molar-refractivity contribution in [1.82, 2.24) is 0 Å². The highest BCUT2D eigenvalue weighted by Crippen LogP contribution is 2.28. The molecular formula is C14H14O4S. The maximum absolute atomic E-state index is 12.5. The fourth-order valence-corrected chi connectivity index (χ4v) is 3.55. The number of aromatic hydroxyl groups is 2. The summed E-state index contributed by atoms with van der Waals surface area (Å²) in [6.07, 6.45) is 0. The standard InChI is InChI=1S/C14H14O4S/c1-9-5-12(16)8-13(6-9)19(17,18)14-4-3-11(15)7-10(14)2/h3-8,15-16H,1-2H3. The Hall–Kier alpha value is -2.01. The molecule has 2 rings (SSSR count). The summed E-state index contributed by atoms with van der Waals surface area (Å²) in [4.78, 5) is 0.161. The van der Waals surface area contributed by atoms with Crippen LogP contribution in [0.3, 0.4) is 0 Å². The predicted octanol–water partition coefficient (Wildman–Crippen LogP) is 2.55. The predicted molar refractivity (Wildman–Crippen MR) is 71.1 cm³/mol. The van der Waals surface area contributed by atoms with Crippen LogP contribution in [0.4, 0.5) is 0 Å². The van der Waals surface area contributed by atoms with E-state index in [0.29, 0.717) is 11.1 Å². The topological polar surface area (TPSA) is 74.6 Å². The maximum atomic E-state index is 12.5. The first-order valence-electron chi connectivity index (χ1n) is 5.66. The zero-order valence-electron chi connectivity index (χ0n) is 10.6. The Morgan fingerprint density at radius 1 is 0.895 bits per heavy atom. The molecule has 0 heterocycles. The maximum Gasteiger partial charge on any atom is 0.207 e. The molecule has 0 bridgehead atoms. The van der Waals surface area contributed by atoms with E-state index in [4.69, 9.17) is 0 Å². The van der Waals surface area contributed by atoms with Crippen molar-refractivity contribution in [2.24, 2.45) is 0 Å². The molecule has 2 N–H and O–H groups in total. The van der Waals surface area contributed by atoms with Gasteiger partial charge in [-0.15, -0.1) is 0 Å². The molecule has 0 radical (unpaired) electrons. The van der Waals surface area contributed by atoms with Crippen molar-refractivity contribution in [3.8, 4) is 11.5 Å². The molecule has 0 saturated heterocycles. The highest BCUT2D eigenvalue weighted by atomic mass is 32.2. The van der Waals surface area contributed by atoms with E-state index in [-0.39, 0.29) is 21.3 Å². The summed E-state index contributed by atoms with van der Waals surface area (Å²) in [7, 11) is -3.70. The molecule has 0 aromatic heterocycles. The summed E-state index contributed by atoms with van der Waals surface area (Å²) < 4.78 is 25.0. The third-order valence-electron chi connectivity index (χ3n) is 2.79. The van der Waals surface area contributed by atoms with Crippen LogP contribution in [0, 0.1) is 13.8 Å². The molecule has 0 spiro atoms. The number of sulfone groups is 1. The van der Waals surface area contributed by atoms with Gasteiger partial charge in [-0.25, -0.2) is 8.42 Å². The Morgan fingerprint density at radius 2 is 1.58 bits per heavy atom. The minimum absolute atomic E-state index is 0.0172. The summed E-state index contributed by atoms with van der Waals surface area (Å²) in [6, 6.07) is 8.29. The Kier molecular flexibility index (Phi) is 3.24. The molecule has 0 aliphatic carbocycles. The molecule has 0 saturated carbocycles. The molecule has 0 atom stereocenters. The van der Waals surface area contributed by atoms with Crippen LogP contribution >= 0.6 is 0 Å². The lowest BCUT2D eigenvalue weighted by molar-refractivity contribution is 0.472. The summed E-state index contributed by atoms with van der Waals surface area (Å²) in [5.41, 5.74) is 1.12. The molecule has 19 heavy (non-hydrogen) atoms.